The molecule has 1 aromatic carbocycles. The van der Waals surface area contributed by atoms with Crippen molar-refractivity contribution in [3.63, 3.8) is 0 Å². The normalized spacial score (nSPS) is 10.1. The average Bonchev–Trinajstić information content (AvgIpc) is 2.29. The maximum Gasteiger partial charge on any atom is 0.149 e. The van der Waals surface area contributed by atoms with Crippen molar-refractivity contribution in [2.45, 2.75) is 12.8 Å². The predicted octanol–water partition coefficient (Wildman–Crippen LogP) is 1.84. The molecule has 2 rings (SSSR count). The smallest absolute Gasteiger partial charge is 0.149 e. The van der Waals surface area contributed by atoms with Gasteiger partial charge in [-0.05, 0) is 30.0 Å². The third kappa shape index (κ3) is 2.53. The van der Waals surface area contributed by atoms with Crippen molar-refractivity contribution in [2.24, 2.45) is 0 Å². The number of anilines is 1. The van der Waals surface area contributed by atoms with Gasteiger partial charge >= 0.3 is 0 Å². The highest BCUT2D eigenvalue weighted by Gasteiger charge is 2.00. The van der Waals surface area contributed by atoms with Crippen LogP contribution in [0.1, 0.15) is 11.1 Å². The summed E-state index contributed by atoms with van der Waals surface area (Å²) in [6, 6.07) is 12.3. The lowest BCUT2D eigenvalue weighted by atomic mass is 10.1. The van der Waals surface area contributed by atoms with Crippen LogP contribution >= 0.6 is 0 Å². The first-order valence-electron chi connectivity index (χ1n) is 4.96. The van der Waals surface area contributed by atoms with E-state index in [4.69, 9.17) is 5.73 Å². The average molecular weight is 199 g/mol. The van der Waals surface area contributed by atoms with E-state index in [0.29, 0.717) is 5.82 Å². The highest BCUT2D eigenvalue weighted by molar-refractivity contribution is 5.37. The van der Waals surface area contributed by atoms with Gasteiger partial charge in [0.15, 0.2) is 0 Å². The van der Waals surface area contributed by atoms with Gasteiger partial charge in [0, 0.05) is 0 Å². The first-order chi connectivity index (χ1) is 7.36. The molecule has 2 aromatic rings. The Morgan fingerprint density at radius 1 is 1.00 bits per heavy atom. The predicted molar refractivity (Wildman–Crippen MR) is 60.3 cm³/mol. The van der Waals surface area contributed by atoms with E-state index >= 15 is 0 Å². The van der Waals surface area contributed by atoms with Crippen LogP contribution in [0.5, 0.6) is 0 Å². The minimum atomic E-state index is 0.536. The molecular weight excluding hydrogens is 186 g/mol. The number of rotatable bonds is 3. The van der Waals surface area contributed by atoms with Crippen LogP contribution in [0.4, 0.5) is 5.82 Å². The number of aromatic nitrogens is 2. The monoisotopic (exact) mass is 199 g/mol. The molecule has 0 aliphatic carbocycles. The fraction of sp³-hybridized carbons (Fsp3) is 0.167. The lowest BCUT2D eigenvalue weighted by Gasteiger charge is -2.03. The van der Waals surface area contributed by atoms with E-state index in [1.807, 2.05) is 24.3 Å². The molecule has 1 aromatic heterocycles. The minimum absolute atomic E-state index is 0.536. The van der Waals surface area contributed by atoms with E-state index in [2.05, 4.69) is 22.3 Å². The summed E-state index contributed by atoms with van der Waals surface area (Å²) in [6.07, 6.45) is 3.57. The number of nitrogens with zero attached hydrogens (tertiary/aromatic N) is 2. The van der Waals surface area contributed by atoms with Gasteiger partial charge in [0.1, 0.15) is 5.82 Å². The maximum atomic E-state index is 5.71. The number of nitrogens with two attached hydrogens (primary N) is 1. The van der Waals surface area contributed by atoms with Crippen molar-refractivity contribution in [3.05, 3.63) is 53.7 Å². The molecule has 76 valence electrons. The van der Waals surface area contributed by atoms with Crippen LogP contribution in [0.3, 0.4) is 0 Å². The fourth-order valence-electron chi connectivity index (χ4n) is 1.50. The first kappa shape index (κ1) is 9.65. The van der Waals surface area contributed by atoms with Crippen LogP contribution in [0.15, 0.2) is 42.6 Å². The molecule has 2 N–H and O–H groups in total. The lowest BCUT2D eigenvalue weighted by molar-refractivity contribution is 0.927. The van der Waals surface area contributed by atoms with Crippen LogP contribution in [-0.4, -0.2) is 10.2 Å². The largest absolute Gasteiger partial charge is 0.382 e. The molecule has 0 unspecified atom stereocenters. The molecule has 0 spiro atoms. The number of nitrogen functional groups attached to an aromatic ring is 1. The van der Waals surface area contributed by atoms with Gasteiger partial charge in [0.2, 0.25) is 0 Å². The Morgan fingerprint density at radius 2 is 1.80 bits per heavy atom. The van der Waals surface area contributed by atoms with Crippen molar-refractivity contribution in [2.75, 3.05) is 5.73 Å². The van der Waals surface area contributed by atoms with Crippen LogP contribution in [0.2, 0.25) is 0 Å². The summed E-state index contributed by atoms with van der Waals surface area (Å²) in [5.41, 5.74) is 8.09. The summed E-state index contributed by atoms with van der Waals surface area (Å²) in [4.78, 5) is 0. The van der Waals surface area contributed by atoms with E-state index in [-0.39, 0.29) is 0 Å². The summed E-state index contributed by atoms with van der Waals surface area (Å²) >= 11 is 0. The molecule has 0 saturated heterocycles. The molecule has 0 saturated carbocycles. The summed E-state index contributed by atoms with van der Waals surface area (Å²) in [5, 5.41) is 7.54. The van der Waals surface area contributed by atoms with Gasteiger partial charge in [0.25, 0.3) is 0 Å². The van der Waals surface area contributed by atoms with Crippen LogP contribution in [-0.2, 0) is 12.8 Å². The molecule has 1 heterocycles. The molecule has 0 bridgehead atoms. The molecule has 15 heavy (non-hydrogen) atoms. The lowest BCUT2D eigenvalue weighted by Crippen LogP contribution is -2.00. The number of hydrogen-bond acceptors (Lipinski definition) is 3. The van der Waals surface area contributed by atoms with Gasteiger partial charge in [0.05, 0.1) is 6.20 Å². The van der Waals surface area contributed by atoms with E-state index in [0.717, 1.165) is 18.4 Å². The van der Waals surface area contributed by atoms with E-state index in [1.165, 1.54) is 5.56 Å². The Hall–Kier alpha value is -1.90. The van der Waals surface area contributed by atoms with Gasteiger partial charge in [-0.25, -0.2) is 0 Å². The molecule has 0 amide bonds. The molecule has 3 heteroatoms. The van der Waals surface area contributed by atoms with Crippen molar-refractivity contribution >= 4 is 5.82 Å². The third-order valence-corrected chi connectivity index (χ3v) is 2.36. The second-order valence-electron chi connectivity index (χ2n) is 3.43. The van der Waals surface area contributed by atoms with Gasteiger partial charge in [-0.2, -0.15) is 5.10 Å². The Bertz CT molecular complexity index is 426. The topological polar surface area (TPSA) is 51.8 Å². The number of aryl methyl sites for hydroxylation is 2. The maximum absolute atomic E-state index is 5.71. The van der Waals surface area contributed by atoms with Gasteiger partial charge in [-0.3, -0.25) is 0 Å². The number of hydrogen-bond donors (Lipinski definition) is 1. The van der Waals surface area contributed by atoms with Gasteiger partial charge in [-0.15, -0.1) is 5.10 Å². The van der Waals surface area contributed by atoms with Crippen LogP contribution in [0.25, 0.3) is 0 Å². The zero-order valence-electron chi connectivity index (χ0n) is 8.43. The SMILES string of the molecule is Nc1nnccc1CCc1ccccc1. The first-order valence-corrected chi connectivity index (χ1v) is 4.96. The summed E-state index contributed by atoms with van der Waals surface area (Å²) < 4.78 is 0. The van der Waals surface area contributed by atoms with Crippen LogP contribution < -0.4 is 5.73 Å². The van der Waals surface area contributed by atoms with Crippen molar-refractivity contribution in [3.8, 4) is 0 Å². The quantitative estimate of drug-likeness (QED) is 0.820. The summed E-state index contributed by atoms with van der Waals surface area (Å²) in [7, 11) is 0. The Balaban J connectivity index is 2.03. The summed E-state index contributed by atoms with van der Waals surface area (Å²) in [5.74, 6) is 0.536. The van der Waals surface area contributed by atoms with Crippen molar-refractivity contribution in [1.29, 1.82) is 0 Å². The second kappa shape index (κ2) is 4.55. The Kier molecular flexibility index (Phi) is 2.93. The molecule has 3 nitrogen and oxygen atoms in total. The highest BCUT2D eigenvalue weighted by Crippen LogP contribution is 2.10. The van der Waals surface area contributed by atoms with E-state index < -0.39 is 0 Å². The molecule has 0 fully saturated rings. The van der Waals surface area contributed by atoms with Crippen molar-refractivity contribution in [1.82, 2.24) is 10.2 Å². The Morgan fingerprint density at radius 3 is 2.53 bits per heavy atom. The zero-order chi connectivity index (χ0) is 10.5. The molecule has 0 aliphatic rings. The third-order valence-electron chi connectivity index (χ3n) is 2.36. The second-order valence-corrected chi connectivity index (χ2v) is 3.43. The zero-order valence-corrected chi connectivity index (χ0v) is 8.43. The molecule has 0 atom stereocenters. The molecule has 0 radical (unpaired) electrons. The van der Waals surface area contributed by atoms with E-state index in [1.54, 1.807) is 6.20 Å². The fourth-order valence-corrected chi connectivity index (χ4v) is 1.50. The Labute approximate surface area is 89.0 Å². The highest BCUT2D eigenvalue weighted by atomic mass is 15.1. The van der Waals surface area contributed by atoms with E-state index in [9.17, 15) is 0 Å². The van der Waals surface area contributed by atoms with Gasteiger partial charge < -0.3 is 5.73 Å². The standard InChI is InChI=1S/C12H13N3/c13-12-11(8-9-14-15-12)7-6-10-4-2-1-3-5-10/h1-5,8-9H,6-7H2,(H2,13,15). The minimum Gasteiger partial charge on any atom is -0.382 e. The van der Waals surface area contributed by atoms with Gasteiger partial charge in [-0.1, -0.05) is 30.3 Å². The molecular formula is C12H13N3. The number of benzene rings is 1. The van der Waals surface area contributed by atoms with Crippen molar-refractivity contribution < 1.29 is 0 Å². The van der Waals surface area contributed by atoms with Crippen LogP contribution in [0, 0.1) is 0 Å². The molecule has 0 aliphatic heterocycles. The summed E-state index contributed by atoms with van der Waals surface area (Å²) in [6.45, 7) is 0.